The second-order valence-electron chi connectivity index (χ2n) is 15.3. The van der Waals surface area contributed by atoms with E-state index in [4.69, 9.17) is 19.4 Å². The Hall–Kier alpha value is -3.98. The van der Waals surface area contributed by atoms with E-state index in [1.165, 1.54) is 29.2 Å². The van der Waals surface area contributed by atoms with E-state index in [1.54, 1.807) is 0 Å². The predicted molar refractivity (Wildman–Crippen MR) is 199 cm³/mol. The standard InChI is InChI=1S/C41H52N6O3/c1-5-34(48)28-9-8-16-41(24-28)17-21-47(22-18-41)39-31-23-30(27-11-12-27)36(35-26(4)10-13-33-32(35)25-42-45-33)38(49-7-3)37(31)43-40(44-39)50-29-14-19-46(6-2)20-15-29/h5,10,13,23,25,27-29H,1,6-9,11-12,14-22,24H2,2-4H3,(H,42,45). The Morgan fingerprint density at radius 2 is 1.82 bits per heavy atom. The highest BCUT2D eigenvalue weighted by atomic mass is 16.5. The number of aryl methyl sites for hydroxylation is 1. The van der Waals surface area contributed by atoms with Crippen LogP contribution in [0.1, 0.15) is 95.1 Å². The normalized spacial score (nSPS) is 21.6. The van der Waals surface area contributed by atoms with Gasteiger partial charge >= 0.3 is 6.01 Å². The van der Waals surface area contributed by atoms with Crippen molar-refractivity contribution in [2.45, 2.75) is 97.0 Å². The van der Waals surface area contributed by atoms with Crippen LogP contribution in [-0.2, 0) is 4.79 Å². The number of carbonyl (C=O) groups is 1. The molecule has 2 aromatic heterocycles. The highest BCUT2D eigenvalue weighted by molar-refractivity contribution is 6.06. The van der Waals surface area contributed by atoms with E-state index in [-0.39, 0.29) is 23.2 Å². The molecular formula is C41H52N6O3. The van der Waals surface area contributed by atoms with Gasteiger partial charge in [0.25, 0.3) is 0 Å². The summed E-state index contributed by atoms with van der Waals surface area (Å²) in [5.41, 5.74) is 6.85. The van der Waals surface area contributed by atoms with E-state index in [0.717, 1.165) is 129 Å². The molecule has 1 atom stereocenters. The third kappa shape index (κ3) is 6.16. The largest absolute Gasteiger partial charge is 0.491 e. The monoisotopic (exact) mass is 676 g/mol. The summed E-state index contributed by atoms with van der Waals surface area (Å²) in [5.74, 6) is 2.57. The molecule has 264 valence electrons. The van der Waals surface area contributed by atoms with E-state index in [0.29, 0.717) is 18.5 Å². The van der Waals surface area contributed by atoms with Crippen molar-refractivity contribution in [3.05, 3.63) is 48.2 Å². The van der Waals surface area contributed by atoms with Gasteiger partial charge in [-0.05, 0) is 124 Å². The number of ether oxygens (including phenoxy) is 2. The van der Waals surface area contributed by atoms with Gasteiger partial charge in [0.05, 0.1) is 18.3 Å². The van der Waals surface area contributed by atoms with Gasteiger partial charge < -0.3 is 19.3 Å². The minimum absolute atomic E-state index is 0.0805. The van der Waals surface area contributed by atoms with E-state index < -0.39 is 0 Å². The molecule has 1 N–H and O–H groups in total. The Morgan fingerprint density at radius 1 is 1.02 bits per heavy atom. The first-order chi connectivity index (χ1) is 24.4. The predicted octanol–water partition coefficient (Wildman–Crippen LogP) is 8.15. The van der Waals surface area contributed by atoms with Crippen LogP contribution >= 0.6 is 0 Å². The molecule has 4 aliphatic rings. The molecule has 2 saturated heterocycles. The summed E-state index contributed by atoms with van der Waals surface area (Å²) in [6, 6.07) is 7.12. The molecule has 2 aliphatic carbocycles. The van der Waals surface area contributed by atoms with Crippen molar-refractivity contribution >= 4 is 33.4 Å². The number of carbonyl (C=O) groups excluding carboxylic acids is 1. The van der Waals surface area contributed by atoms with Gasteiger partial charge in [-0.3, -0.25) is 9.89 Å². The minimum Gasteiger partial charge on any atom is -0.491 e. The zero-order valence-electron chi connectivity index (χ0n) is 30.1. The average molecular weight is 677 g/mol. The summed E-state index contributed by atoms with van der Waals surface area (Å²) < 4.78 is 13.4. The smallest absolute Gasteiger partial charge is 0.319 e. The lowest BCUT2D eigenvalue weighted by Crippen LogP contribution is -2.43. The highest BCUT2D eigenvalue weighted by Crippen LogP contribution is 2.53. The molecule has 50 heavy (non-hydrogen) atoms. The van der Waals surface area contributed by atoms with Crippen LogP contribution in [0.2, 0.25) is 0 Å². The maximum atomic E-state index is 12.7. The molecule has 0 amide bonds. The van der Waals surface area contributed by atoms with E-state index in [2.05, 4.69) is 65.5 Å². The van der Waals surface area contributed by atoms with Crippen LogP contribution in [0.5, 0.6) is 11.8 Å². The van der Waals surface area contributed by atoms with Gasteiger partial charge in [-0.2, -0.15) is 15.1 Å². The SMILES string of the molecule is C=CC(=O)C1CCCC2(CCN(c3nc(OC4CCN(CC)CC4)nc4c(OCC)c(-c5c(C)ccc6[nH]ncc56)c(C5CC5)cc34)CC2)C1. The molecule has 1 spiro atoms. The number of H-pyrrole nitrogens is 1. The number of aromatic amines is 1. The molecule has 0 bridgehead atoms. The number of fused-ring (bicyclic) bond motifs is 2. The number of hydrogen-bond donors (Lipinski definition) is 1. The average Bonchev–Trinajstić information content (AvgIpc) is 3.88. The van der Waals surface area contributed by atoms with Gasteiger partial charge in [-0.25, -0.2) is 0 Å². The molecule has 1 unspecified atom stereocenters. The molecule has 2 aliphatic heterocycles. The number of allylic oxidation sites excluding steroid dienone is 1. The number of anilines is 1. The lowest BCUT2D eigenvalue weighted by Gasteiger charge is -2.46. The lowest BCUT2D eigenvalue weighted by molar-refractivity contribution is -0.120. The quantitative estimate of drug-likeness (QED) is 0.168. The number of piperidine rings is 2. The minimum atomic E-state index is 0.0805. The molecule has 9 heteroatoms. The second kappa shape index (κ2) is 13.6. The van der Waals surface area contributed by atoms with Crippen molar-refractivity contribution in [2.75, 3.05) is 44.2 Å². The molecule has 4 fully saturated rings. The van der Waals surface area contributed by atoms with Crippen molar-refractivity contribution in [3.63, 3.8) is 0 Å². The molecular weight excluding hydrogens is 624 g/mol. The summed E-state index contributed by atoms with van der Waals surface area (Å²) in [5, 5.41) is 9.77. The lowest BCUT2D eigenvalue weighted by atomic mass is 9.64. The summed E-state index contributed by atoms with van der Waals surface area (Å²) in [4.78, 5) is 28.1. The van der Waals surface area contributed by atoms with E-state index in [9.17, 15) is 4.79 Å². The Labute approximate surface area is 295 Å². The topological polar surface area (TPSA) is 96.5 Å². The van der Waals surface area contributed by atoms with Crippen molar-refractivity contribution in [1.82, 2.24) is 25.1 Å². The molecule has 0 radical (unpaired) electrons. The summed E-state index contributed by atoms with van der Waals surface area (Å²) >= 11 is 0. The Balaban J connectivity index is 1.25. The summed E-state index contributed by atoms with van der Waals surface area (Å²) in [6.07, 6.45) is 14.2. The number of benzene rings is 2. The van der Waals surface area contributed by atoms with Crippen molar-refractivity contribution < 1.29 is 14.3 Å². The van der Waals surface area contributed by atoms with Crippen LogP contribution in [0.15, 0.2) is 37.1 Å². The molecule has 4 aromatic rings. The van der Waals surface area contributed by atoms with Gasteiger partial charge in [-0.15, -0.1) is 0 Å². The van der Waals surface area contributed by atoms with Gasteiger partial charge in [0.2, 0.25) is 0 Å². The molecule has 2 aromatic carbocycles. The second-order valence-corrected chi connectivity index (χ2v) is 15.3. The van der Waals surface area contributed by atoms with Crippen LogP contribution in [0.4, 0.5) is 5.82 Å². The first-order valence-electron chi connectivity index (χ1n) is 19.1. The van der Waals surface area contributed by atoms with Crippen molar-refractivity contribution in [3.8, 4) is 22.9 Å². The van der Waals surface area contributed by atoms with Gasteiger partial charge in [0, 0.05) is 48.4 Å². The first-order valence-corrected chi connectivity index (χ1v) is 19.1. The fourth-order valence-electron chi connectivity index (χ4n) is 9.23. The zero-order chi connectivity index (χ0) is 34.4. The maximum Gasteiger partial charge on any atom is 0.319 e. The molecule has 2 saturated carbocycles. The fraction of sp³-hybridized carbons (Fsp3) is 0.561. The first kappa shape index (κ1) is 33.2. The third-order valence-corrected chi connectivity index (χ3v) is 12.2. The summed E-state index contributed by atoms with van der Waals surface area (Å²) in [6.45, 7) is 15.7. The Morgan fingerprint density at radius 3 is 2.54 bits per heavy atom. The third-order valence-electron chi connectivity index (χ3n) is 12.2. The van der Waals surface area contributed by atoms with Crippen molar-refractivity contribution in [2.24, 2.45) is 11.3 Å². The Bertz CT molecular complexity index is 1900. The van der Waals surface area contributed by atoms with Gasteiger partial charge in [0.15, 0.2) is 11.5 Å². The molecule has 8 rings (SSSR count). The van der Waals surface area contributed by atoms with E-state index >= 15 is 0 Å². The highest BCUT2D eigenvalue weighted by Gasteiger charge is 2.41. The number of likely N-dealkylation sites (tertiary alicyclic amines) is 1. The number of nitrogens with zero attached hydrogens (tertiary/aromatic N) is 5. The van der Waals surface area contributed by atoms with Crippen LogP contribution in [0, 0.1) is 18.3 Å². The summed E-state index contributed by atoms with van der Waals surface area (Å²) in [7, 11) is 0. The van der Waals surface area contributed by atoms with E-state index in [1.807, 2.05) is 6.20 Å². The van der Waals surface area contributed by atoms with Crippen molar-refractivity contribution in [1.29, 1.82) is 0 Å². The van der Waals surface area contributed by atoms with Gasteiger partial charge in [-0.1, -0.05) is 26.0 Å². The number of hydrogen-bond acceptors (Lipinski definition) is 8. The van der Waals surface area contributed by atoms with Crippen LogP contribution in [-0.4, -0.2) is 76.3 Å². The maximum absolute atomic E-state index is 12.7. The van der Waals surface area contributed by atoms with Crippen LogP contribution in [0.3, 0.4) is 0 Å². The number of ketones is 1. The van der Waals surface area contributed by atoms with Crippen LogP contribution in [0.25, 0.3) is 32.9 Å². The van der Waals surface area contributed by atoms with Crippen LogP contribution < -0.4 is 14.4 Å². The number of aromatic nitrogens is 4. The Kier molecular flexibility index (Phi) is 9.04. The zero-order valence-corrected chi connectivity index (χ0v) is 30.1. The molecule has 9 nitrogen and oxygen atoms in total. The van der Waals surface area contributed by atoms with Gasteiger partial charge in [0.1, 0.15) is 17.4 Å². The number of rotatable bonds is 10. The number of nitrogens with one attached hydrogen (secondary N) is 1. The fourth-order valence-corrected chi connectivity index (χ4v) is 9.23. The molecule has 4 heterocycles.